The lowest BCUT2D eigenvalue weighted by Gasteiger charge is -2.35. The van der Waals surface area contributed by atoms with E-state index < -0.39 is 5.41 Å². The standard InChI is InChI=1S/C65H44N2O/c1-6-20-45(21-7-1)46-36-38-52(39-37-46)67(53-40-41-56-55-31-16-17-34-59(55)65(60(56)43-53,48-23-8-2-9-24-48)49-25-10-3-11-26-49)61-35-19-33-58-57-32-18-22-47-42-54(44-62(63(47)57)68-64(58)61)66(50-27-12-4-13-28-50)51-29-14-5-15-30-51/h1-44H. The molecule has 1 aliphatic carbocycles. The van der Waals surface area contributed by atoms with Crippen LogP contribution in [0.5, 0.6) is 11.5 Å². The van der Waals surface area contributed by atoms with Crippen molar-refractivity contribution in [1.29, 1.82) is 0 Å². The highest BCUT2D eigenvalue weighted by molar-refractivity contribution is 6.08. The number of ether oxygens (including phenoxy) is 1. The molecule has 1 heterocycles. The fraction of sp³-hybridized carbons (Fsp3) is 0.0154. The van der Waals surface area contributed by atoms with E-state index in [0.717, 1.165) is 73.1 Å². The van der Waals surface area contributed by atoms with Crippen molar-refractivity contribution in [2.75, 3.05) is 9.80 Å². The molecule has 3 heteroatoms. The quantitative estimate of drug-likeness (QED) is 0.144. The molecule has 0 atom stereocenters. The van der Waals surface area contributed by atoms with Gasteiger partial charge in [0.15, 0.2) is 5.75 Å². The van der Waals surface area contributed by atoms with Crippen molar-refractivity contribution < 1.29 is 4.74 Å². The highest BCUT2D eigenvalue weighted by Crippen LogP contribution is 2.59. The van der Waals surface area contributed by atoms with Gasteiger partial charge in [-0.1, -0.05) is 200 Å². The van der Waals surface area contributed by atoms with Crippen molar-refractivity contribution in [2.24, 2.45) is 0 Å². The maximum absolute atomic E-state index is 7.41. The first-order valence-corrected chi connectivity index (χ1v) is 23.3. The molecule has 0 fully saturated rings. The van der Waals surface area contributed by atoms with Crippen molar-refractivity contribution in [1.82, 2.24) is 0 Å². The summed E-state index contributed by atoms with van der Waals surface area (Å²) in [6.07, 6.45) is 0. The molecule has 2 aliphatic rings. The van der Waals surface area contributed by atoms with E-state index in [1.54, 1.807) is 0 Å². The van der Waals surface area contributed by atoms with E-state index in [-0.39, 0.29) is 0 Å². The van der Waals surface area contributed by atoms with Crippen LogP contribution in [-0.2, 0) is 5.41 Å². The summed E-state index contributed by atoms with van der Waals surface area (Å²) < 4.78 is 7.41. The molecule has 0 radical (unpaired) electrons. The maximum atomic E-state index is 7.41. The fourth-order valence-corrected chi connectivity index (χ4v) is 11.0. The van der Waals surface area contributed by atoms with E-state index in [4.69, 9.17) is 4.74 Å². The minimum atomic E-state index is -0.561. The Kier molecular flexibility index (Phi) is 9.40. The molecule has 0 saturated carbocycles. The molecular formula is C65H44N2O. The van der Waals surface area contributed by atoms with Crippen molar-refractivity contribution in [3.8, 4) is 44.9 Å². The number of hydrogen-bond donors (Lipinski definition) is 0. The van der Waals surface area contributed by atoms with Crippen molar-refractivity contribution in [3.05, 3.63) is 289 Å². The minimum absolute atomic E-state index is 0.561. The highest BCUT2D eigenvalue weighted by atomic mass is 16.5. The van der Waals surface area contributed by atoms with Crippen molar-refractivity contribution in [3.63, 3.8) is 0 Å². The summed E-state index contributed by atoms with van der Waals surface area (Å²) in [5.74, 6) is 1.63. The zero-order valence-corrected chi connectivity index (χ0v) is 37.2. The summed E-state index contributed by atoms with van der Waals surface area (Å²) >= 11 is 0. The van der Waals surface area contributed by atoms with Crippen LogP contribution in [-0.4, -0.2) is 0 Å². The SMILES string of the molecule is c1ccc(-c2ccc(N(c3ccc4c(c3)C(c3ccccc3)(c3ccccc3)c3ccccc3-4)c3cccc4c3Oc3cc(N(c5ccccc5)c5ccccc5)cc5cccc-4c35)cc2)cc1. The van der Waals surface area contributed by atoms with Gasteiger partial charge in [0.2, 0.25) is 0 Å². The fourth-order valence-electron chi connectivity index (χ4n) is 11.0. The lowest BCUT2D eigenvalue weighted by molar-refractivity contribution is 0.488. The molecule has 11 aromatic rings. The topological polar surface area (TPSA) is 15.7 Å². The Hall–Kier alpha value is -8.92. The first kappa shape index (κ1) is 39.4. The van der Waals surface area contributed by atoms with Gasteiger partial charge < -0.3 is 14.5 Å². The molecule has 0 spiro atoms. The summed E-state index contributed by atoms with van der Waals surface area (Å²) in [6.45, 7) is 0. The van der Waals surface area contributed by atoms with E-state index >= 15 is 0 Å². The monoisotopic (exact) mass is 868 g/mol. The molecule has 11 aromatic carbocycles. The average molecular weight is 869 g/mol. The van der Waals surface area contributed by atoms with Gasteiger partial charge in [-0.05, 0) is 116 Å². The second-order valence-corrected chi connectivity index (χ2v) is 17.6. The van der Waals surface area contributed by atoms with Gasteiger partial charge in [-0.15, -0.1) is 0 Å². The number of hydrogen-bond acceptors (Lipinski definition) is 3. The lowest BCUT2D eigenvalue weighted by Crippen LogP contribution is -2.28. The van der Waals surface area contributed by atoms with Gasteiger partial charge in [-0.2, -0.15) is 0 Å². The number of para-hydroxylation sites is 3. The molecule has 0 saturated heterocycles. The van der Waals surface area contributed by atoms with Crippen LogP contribution < -0.4 is 14.5 Å². The van der Waals surface area contributed by atoms with Crippen LogP contribution in [0, 0.1) is 0 Å². The Morgan fingerprint density at radius 3 is 1.50 bits per heavy atom. The van der Waals surface area contributed by atoms with Crippen molar-refractivity contribution >= 4 is 44.9 Å². The van der Waals surface area contributed by atoms with Gasteiger partial charge in [-0.25, -0.2) is 0 Å². The Labute approximate surface area is 397 Å². The summed E-state index contributed by atoms with van der Waals surface area (Å²) in [4.78, 5) is 4.70. The van der Waals surface area contributed by atoms with Gasteiger partial charge >= 0.3 is 0 Å². The molecule has 0 N–H and O–H groups in total. The molecule has 0 amide bonds. The van der Waals surface area contributed by atoms with E-state index in [2.05, 4.69) is 277 Å². The average Bonchev–Trinajstić information content (AvgIpc) is 3.71. The van der Waals surface area contributed by atoms with Gasteiger partial charge in [-0.3, -0.25) is 0 Å². The number of rotatable bonds is 9. The third-order valence-electron chi connectivity index (χ3n) is 13.9. The molecule has 3 nitrogen and oxygen atoms in total. The molecule has 320 valence electrons. The predicted octanol–water partition coefficient (Wildman–Crippen LogP) is 17.6. The van der Waals surface area contributed by atoms with Gasteiger partial charge in [0.25, 0.3) is 0 Å². The molecular weight excluding hydrogens is 825 g/mol. The zero-order chi connectivity index (χ0) is 45.0. The molecule has 0 unspecified atom stereocenters. The number of anilines is 6. The van der Waals surface area contributed by atoms with E-state index in [1.807, 2.05) is 0 Å². The largest absolute Gasteiger partial charge is 0.454 e. The normalized spacial score (nSPS) is 12.6. The minimum Gasteiger partial charge on any atom is -0.454 e. The first-order chi connectivity index (χ1) is 33.7. The molecule has 1 aliphatic heterocycles. The third kappa shape index (κ3) is 6.28. The maximum Gasteiger partial charge on any atom is 0.159 e. The van der Waals surface area contributed by atoms with E-state index in [9.17, 15) is 0 Å². The van der Waals surface area contributed by atoms with E-state index in [1.165, 1.54) is 38.9 Å². The van der Waals surface area contributed by atoms with Crippen LogP contribution in [0.25, 0.3) is 44.2 Å². The van der Waals surface area contributed by atoms with Crippen LogP contribution in [0.3, 0.4) is 0 Å². The molecule has 13 rings (SSSR count). The molecule has 0 bridgehead atoms. The Morgan fingerprint density at radius 2 is 0.824 bits per heavy atom. The van der Waals surface area contributed by atoms with Crippen LogP contribution in [0.1, 0.15) is 22.3 Å². The Balaban J connectivity index is 1.03. The number of nitrogens with zero attached hydrogens (tertiary/aromatic N) is 2. The Bertz CT molecular complexity index is 3550. The number of benzene rings is 11. The van der Waals surface area contributed by atoms with Gasteiger partial charge in [0.1, 0.15) is 5.75 Å². The van der Waals surface area contributed by atoms with E-state index in [0.29, 0.717) is 0 Å². The third-order valence-corrected chi connectivity index (χ3v) is 13.9. The summed E-state index contributed by atoms with van der Waals surface area (Å²) in [5.41, 5.74) is 17.6. The van der Waals surface area contributed by atoms with Crippen LogP contribution in [0.15, 0.2) is 267 Å². The van der Waals surface area contributed by atoms with Crippen molar-refractivity contribution in [2.45, 2.75) is 5.41 Å². The summed E-state index contributed by atoms with van der Waals surface area (Å²) in [6, 6.07) is 96.5. The Morgan fingerprint density at radius 1 is 0.309 bits per heavy atom. The summed E-state index contributed by atoms with van der Waals surface area (Å²) in [7, 11) is 0. The summed E-state index contributed by atoms with van der Waals surface area (Å²) in [5, 5.41) is 2.22. The number of fused-ring (bicyclic) bond motifs is 5. The zero-order valence-electron chi connectivity index (χ0n) is 37.2. The highest BCUT2D eigenvalue weighted by Gasteiger charge is 2.46. The van der Waals surface area contributed by atoms with Gasteiger partial charge in [0.05, 0.1) is 16.8 Å². The molecule has 0 aromatic heterocycles. The van der Waals surface area contributed by atoms with Crippen LogP contribution in [0.4, 0.5) is 34.1 Å². The first-order valence-electron chi connectivity index (χ1n) is 23.3. The molecule has 68 heavy (non-hydrogen) atoms. The second kappa shape index (κ2) is 16.2. The smallest absolute Gasteiger partial charge is 0.159 e. The second-order valence-electron chi connectivity index (χ2n) is 17.6. The van der Waals surface area contributed by atoms with Crippen LogP contribution >= 0.6 is 0 Å². The van der Waals surface area contributed by atoms with Gasteiger partial charge in [0, 0.05) is 39.8 Å². The lowest BCUT2D eigenvalue weighted by atomic mass is 9.67. The predicted molar refractivity (Wildman–Crippen MR) is 282 cm³/mol. The van der Waals surface area contributed by atoms with Crippen LogP contribution in [0.2, 0.25) is 0 Å².